The number of hydrogen-bond donors (Lipinski definition) is 2. The van der Waals surface area contributed by atoms with Gasteiger partial charge in [0.1, 0.15) is 5.82 Å². The van der Waals surface area contributed by atoms with Gasteiger partial charge in [0, 0.05) is 38.0 Å². The molecule has 1 aromatic heterocycles. The summed E-state index contributed by atoms with van der Waals surface area (Å²) in [6.07, 6.45) is 12.5. The minimum atomic E-state index is -0.657. The fourth-order valence-electron chi connectivity index (χ4n) is 6.01. The maximum Gasteiger partial charge on any atom is 0.317 e. The van der Waals surface area contributed by atoms with Gasteiger partial charge in [0.2, 0.25) is 0 Å². The number of carbonyl (C=O) groups excluding carboxylic acids is 2. The Bertz CT molecular complexity index is 1530. The smallest absolute Gasteiger partial charge is 0.317 e. The molecule has 1 aliphatic rings. The summed E-state index contributed by atoms with van der Waals surface area (Å²) in [6, 6.07) is 12.8. The first-order valence-corrected chi connectivity index (χ1v) is 16.4. The molecule has 9 nitrogen and oxygen atoms in total. The number of halogens is 1. The van der Waals surface area contributed by atoms with Crippen molar-refractivity contribution in [2.24, 2.45) is 0 Å². The molecule has 3 amide bonds. The van der Waals surface area contributed by atoms with Crippen LogP contribution in [0.1, 0.15) is 99.2 Å². The molecule has 2 N–H and O–H groups in total. The van der Waals surface area contributed by atoms with Crippen LogP contribution in [-0.2, 0) is 6.42 Å². The average Bonchev–Trinajstić information content (AvgIpc) is 3.05. The fraction of sp³-hybridized carbons (Fsp3) is 0.514. The first-order chi connectivity index (χ1) is 21.9. The predicted molar refractivity (Wildman–Crippen MR) is 173 cm³/mol. The summed E-state index contributed by atoms with van der Waals surface area (Å²) in [6.45, 7) is 3.53. The zero-order valence-electron chi connectivity index (χ0n) is 26.3. The quantitative estimate of drug-likeness (QED) is 0.194. The Morgan fingerprint density at radius 3 is 2.40 bits per heavy atom. The van der Waals surface area contributed by atoms with Crippen LogP contribution in [0.15, 0.2) is 47.3 Å². The second-order valence-corrected chi connectivity index (χ2v) is 11.9. The van der Waals surface area contributed by atoms with Gasteiger partial charge in [-0.15, -0.1) is 0 Å². The highest BCUT2D eigenvalue weighted by atomic mass is 19.1. The molecular formula is C35H45FN6O3. The Kier molecular flexibility index (Phi) is 12.9. The van der Waals surface area contributed by atoms with Gasteiger partial charge in [-0.05, 0) is 30.2 Å². The number of nitrogens with one attached hydrogen (secondary N) is 2. The van der Waals surface area contributed by atoms with E-state index >= 15 is 4.39 Å². The van der Waals surface area contributed by atoms with Crippen molar-refractivity contribution < 1.29 is 14.0 Å². The van der Waals surface area contributed by atoms with E-state index in [2.05, 4.69) is 28.5 Å². The summed E-state index contributed by atoms with van der Waals surface area (Å²) < 4.78 is 15.0. The molecule has 0 unspecified atom stereocenters. The van der Waals surface area contributed by atoms with Crippen molar-refractivity contribution in [3.8, 4) is 6.07 Å². The molecule has 0 radical (unpaired) electrons. The summed E-state index contributed by atoms with van der Waals surface area (Å²) in [4.78, 5) is 41.8. The molecule has 240 valence electrons. The second kappa shape index (κ2) is 17.3. The molecule has 0 bridgehead atoms. The molecule has 0 saturated carbocycles. The standard InChI is InChI=1S/C35H45FN6O3/c1-2-3-4-5-6-7-8-9-10-13-20-38-35(45)41-21-22-42(27(25-41)18-19-37)34(44)30-23-26(16-17-31(30)36)24-32-28-14-11-12-15-29(28)33(43)40-39-32/h11-12,14-17,23,27H,2-10,13,18,20-22,24-25H2,1H3,(H,38,45)(H,40,43)/t27-/m1/s1. The van der Waals surface area contributed by atoms with Crippen molar-refractivity contribution in [1.82, 2.24) is 25.3 Å². The highest BCUT2D eigenvalue weighted by Crippen LogP contribution is 2.22. The van der Waals surface area contributed by atoms with E-state index in [9.17, 15) is 19.6 Å². The van der Waals surface area contributed by atoms with Gasteiger partial charge in [-0.2, -0.15) is 10.4 Å². The Hall–Kier alpha value is -4.26. The molecule has 0 aliphatic carbocycles. The van der Waals surface area contributed by atoms with E-state index in [1.807, 2.05) is 12.1 Å². The monoisotopic (exact) mass is 616 g/mol. The number of nitriles is 1. The van der Waals surface area contributed by atoms with Crippen LogP contribution in [0.25, 0.3) is 10.8 Å². The molecule has 45 heavy (non-hydrogen) atoms. The number of aromatic amines is 1. The van der Waals surface area contributed by atoms with Crippen LogP contribution in [0, 0.1) is 17.1 Å². The number of carbonyl (C=O) groups is 2. The molecule has 10 heteroatoms. The molecule has 0 spiro atoms. The highest BCUT2D eigenvalue weighted by molar-refractivity contribution is 5.95. The Morgan fingerprint density at radius 1 is 1.00 bits per heavy atom. The van der Waals surface area contributed by atoms with Crippen LogP contribution in [-0.4, -0.2) is 64.2 Å². The zero-order valence-corrected chi connectivity index (χ0v) is 26.3. The van der Waals surface area contributed by atoms with E-state index in [0.717, 1.165) is 12.8 Å². The number of fused-ring (bicyclic) bond motifs is 1. The van der Waals surface area contributed by atoms with Crippen LogP contribution in [0.3, 0.4) is 0 Å². The van der Waals surface area contributed by atoms with Crippen LogP contribution < -0.4 is 10.9 Å². The van der Waals surface area contributed by atoms with Gasteiger partial charge in [0.25, 0.3) is 11.5 Å². The largest absolute Gasteiger partial charge is 0.338 e. The molecule has 1 atom stereocenters. The number of urea groups is 1. The normalized spacial score (nSPS) is 14.8. The van der Waals surface area contributed by atoms with Crippen molar-refractivity contribution in [3.63, 3.8) is 0 Å². The first-order valence-electron chi connectivity index (χ1n) is 16.4. The van der Waals surface area contributed by atoms with E-state index in [-0.39, 0.29) is 43.1 Å². The third-order valence-electron chi connectivity index (χ3n) is 8.57. The Labute approximate surface area is 264 Å². The summed E-state index contributed by atoms with van der Waals surface area (Å²) in [7, 11) is 0. The van der Waals surface area contributed by atoms with Gasteiger partial charge in [0.15, 0.2) is 0 Å². The van der Waals surface area contributed by atoms with Gasteiger partial charge in [0.05, 0.1) is 35.2 Å². The van der Waals surface area contributed by atoms with Crippen molar-refractivity contribution in [3.05, 3.63) is 75.5 Å². The third kappa shape index (κ3) is 9.37. The van der Waals surface area contributed by atoms with Gasteiger partial charge in [-0.25, -0.2) is 14.3 Å². The number of H-pyrrole nitrogens is 1. The summed E-state index contributed by atoms with van der Waals surface area (Å²) >= 11 is 0. The number of benzene rings is 2. The molecule has 1 saturated heterocycles. The number of aromatic nitrogens is 2. The third-order valence-corrected chi connectivity index (χ3v) is 8.57. The molecule has 2 aromatic carbocycles. The lowest BCUT2D eigenvalue weighted by Gasteiger charge is -2.40. The van der Waals surface area contributed by atoms with Crippen molar-refractivity contribution in [2.75, 3.05) is 26.2 Å². The zero-order chi connectivity index (χ0) is 32.0. The average molecular weight is 617 g/mol. The van der Waals surface area contributed by atoms with Gasteiger partial charge in [-0.1, -0.05) is 89.0 Å². The van der Waals surface area contributed by atoms with Gasteiger partial charge < -0.3 is 15.1 Å². The summed E-state index contributed by atoms with van der Waals surface area (Å²) in [5.74, 6) is -1.17. The predicted octanol–water partition coefficient (Wildman–Crippen LogP) is 6.32. The van der Waals surface area contributed by atoms with Crippen LogP contribution in [0.5, 0.6) is 0 Å². The van der Waals surface area contributed by atoms with E-state index in [4.69, 9.17) is 0 Å². The van der Waals surface area contributed by atoms with E-state index < -0.39 is 17.8 Å². The molecule has 1 fully saturated rings. The van der Waals surface area contributed by atoms with Crippen LogP contribution in [0.2, 0.25) is 0 Å². The maximum atomic E-state index is 15.0. The summed E-state index contributed by atoms with van der Waals surface area (Å²) in [5.41, 5.74) is 0.879. The molecule has 4 rings (SSSR count). The van der Waals surface area contributed by atoms with Crippen molar-refractivity contribution >= 4 is 22.7 Å². The van der Waals surface area contributed by atoms with Crippen molar-refractivity contribution in [2.45, 2.75) is 90.0 Å². The Balaban J connectivity index is 1.30. The number of amides is 3. The topological polar surface area (TPSA) is 122 Å². The number of hydrogen-bond acceptors (Lipinski definition) is 5. The first kappa shape index (κ1) is 33.6. The van der Waals surface area contributed by atoms with Gasteiger partial charge in [-0.3, -0.25) is 9.59 Å². The van der Waals surface area contributed by atoms with Crippen LogP contribution in [0.4, 0.5) is 9.18 Å². The SMILES string of the molecule is CCCCCCCCCCCCNC(=O)N1CCN(C(=O)c2cc(Cc3n[nH]c(=O)c4ccccc34)ccc2F)[C@H](CC#N)C1. The number of piperazine rings is 1. The Morgan fingerprint density at radius 2 is 1.69 bits per heavy atom. The number of unbranched alkanes of at least 4 members (excludes halogenated alkanes) is 9. The molecule has 3 aromatic rings. The fourth-order valence-corrected chi connectivity index (χ4v) is 6.01. The number of rotatable bonds is 15. The lowest BCUT2D eigenvalue weighted by Crippen LogP contribution is -2.58. The minimum Gasteiger partial charge on any atom is -0.338 e. The molecule has 2 heterocycles. The number of nitrogens with zero attached hydrogens (tertiary/aromatic N) is 4. The second-order valence-electron chi connectivity index (χ2n) is 11.9. The minimum absolute atomic E-state index is 0.0303. The maximum absolute atomic E-state index is 15.0. The van der Waals surface area contributed by atoms with Gasteiger partial charge >= 0.3 is 6.03 Å². The van der Waals surface area contributed by atoms with E-state index in [1.54, 1.807) is 23.1 Å². The highest BCUT2D eigenvalue weighted by Gasteiger charge is 2.34. The van der Waals surface area contributed by atoms with Crippen molar-refractivity contribution in [1.29, 1.82) is 5.26 Å². The van der Waals surface area contributed by atoms with E-state index in [0.29, 0.717) is 35.1 Å². The van der Waals surface area contributed by atoms with E-state index in [1.165, 1.54) is 68.4 Å². The molecule has 1 aliphatic heterocycles. The lowest BCUT2D eigenvalue weighted by molar-refractivity contribution is 0.0512. The molecular weight excluding hydrogens is 571 g/mol. The lowest BCUT2D eigenvalue weighted by atomic mass is 10.0. The van der Waals surface area contributed by atoms with Crippen LogP contribution >= 0.6 is 0 Å². The summed E-state index contributed by atoms with van der Waals surface area (Å²) in [5, 5.41) is 20.4.